The maximum atomic E-state index is 11.4. The normalized spacial score (nSPS) is 23.8. The fraction of sp³-hybridized carbons (Fsp3) is 0.500. The van der Waals surface area contributed by atoms with Gasteiger partial charge in [0.25, 0.3) is 5.91 Å². The average Bonchev–Trinajstić information content (AvgIpc) is 2.66. The fourth-order valence-electron chi connectivity index (χ4n) is 2.67. The number of hydrogen-bond donors (Lipinski definition) is 2. The molecule has 1 aromatic rings. The second-order valence-electron chi connectivity index (χ2n) is 5.02. The third kappa shape index (κ3) is 2.27. The number of amides is 1. The molecule has 3 rings (SSSR count). The summed E-state index contributed by atoms with van der Waals surface area (Å²) in [4.78, 5) is 12.6. The molecule has 0 spiro atoms. The molecule has 1 saturated carbocycles. The monoisotopic (exact) mass is 263 g/mol. The number of anilines is 1. The highest BCUT2D eigenvalue weighted by Crippen LogP contribution is 2.38. The highest BCUT2D eigenvalue weighted by atomic mass is 32.2. The van der Waals surface area contributed by atoms with Crippen LogP contribution in [0.3, 0.4) is 0 Å². The number of hydrogen-bond acceptors (Lipinski definition) is 3. The number of fused-ring (bicyclic) bond motifs is 1. The van der Waals surface area contributed by atoms with Crippen molar-refractivity contribution in [2.75, 3.05) is 5.32 Å². The molecule has 0 bridgehead atoms. The first-order valence-electron chi connectivity index (χ1n) is 6.53. The lowest BCUT2D eigenvalue weighted by Gasteiger charge is -2.21. The lowest BCUT2D eigenvalue weighted by atomic mass is 10.0. The van der Waals surface area contributed by atoms with Crippen LogP contribution in [0, 0.1) is 0 Å². The van der Waals surface area contributed by atoms with Crippen molar-refractivity contribution < 1.29 is 9.90 Å². The Bertz CT molecular complexity index is 469. The molecule has 1 aromatic carbocycles. The molecule has 1 aliphatic heterocycles. The predicted molar refractivity (Wildman–Crippen MR) is 72.8 cm³/mol. The van der Waals surface area contributed by atoms with E-state index in [1.807, 2.05) is 30.0 Å². The van der Waals surface area contributed by atoms with E-state index in [0.717, 1.165) is 5.69 Å². The smallest absolute Gasteiger partial charge is 0.257 e. The number of rotatable bonds is 2. The second kappa shape index (κ2) is 4.94. The van der Waals surface area contributed by atoms with Crippen LogP contribution in [0.1, 0.15) is 43.8 Å². The first-order valence-corrected chi connectivity index (χ1v) is 7.41. The molecule has 4 heteroatoms. The van der Waals surface area contributed by atoms with Gasteiger partial charge in [-0.15, -0.1) is 11.8 Å². The second-order valence-corrected chi connectivity index (χ2v) is 6.39. The van der Waals surface area contributed by atoms with Gasteiger partial charge in [-0.1, -0.05) is 25.3 Å². The molecule has 0 radical (unpaired) electrons. The minimum absolute atomic E-state index is 0.315. The minimum Gasteiger partial charge on any atom is -0.378 e. The van der Waals surface area contributed by atoms with Gasteiger partial charge in [0.1, 0.15) is 0 Å². The first kappa shape index (κ1) is 12.1. The third-order valence-corrected chi connectivity index (χ3v) is 5.01. The van der Waals surface area contributed by atoms with Crippen LogP contribution >= 0.6 is 11.8 Å². The quantitative estimate of drug-likeness (QED) is 0.862. The summed E-state index contributed by atoms with van der Waals surface area (Å²) < 4.78 is 0. The molecule has 0 saturated heterocycles. The van der Waals surface area contributed by atoms with Crippen molar-refractivity contribution in [3.63, 3.8) is 0 Å². The number of benzene rings is 1. The largest absolute Gasteiger partial charge is 0.378 e. The van der Waals surface area contributed by atoms with E-state index in [1.54, 1.807) is 0 Å². The van der Waals surface area contributed by atoms with Gasteiger partial charge in [0.2, 0.25) is 0 Å². The van der Waals surface area contributed by atoms with Crippen molar-refractivity contribution in [3.05, 3.63) is 23.8 Å². The maximum absolute atomic E-state index is 11.4. The Hall–Kier alpha value is -1.00. The third-order valence-electron chi connectivity index (χ3n) is 3.68. The number of nitrogens with one attached hydrogen (secondary N) is 1. The van der Waals surface area contributed by atoms with Crippen LogP contribution in [0.5, 0.6) is 0 Å². The fourth-order valence-corrected chi connectivity index (χ4v) is 3.96. The lowest BCUT2D eigenvalue weighted by molar-refractivity contribution is -0.123. The van der Waals surface area contributed by atoms with E-state index in [0.29, 0.717) is 10.8 Å². The van der Waals surface area contributed by atoms with Crippen LogP contribution in [0.25, 0.3) is 0 Å². The number of aliphatic hydroxyl groups is 1. The minimum atomic E-state index is -0.992. The molecule has 1 amide bonds. The summed E-state index contributed by atoms with van der Waals surface area (Å²) in [5, 5.41) is 13.1. The van der Waals surface area contributed by atoms with Crippen LogP contribution < -0.4 is 5.32 Å². The molecule has 2 aliphatic rings. The lowest BCUT2D eigenvalue weighted by Crippen LogP contribution is -2.10. The van der Waals surface area contributed by atoms with Gasteiger partial charge in [-0.25, -0.2) is 0 Å². The Labute approximate surface area is 111 Å². The number of aliphatic hydroxyl groups excluding tert-OH is 1. The van der Waals surface area contributed by atoms with Crippen LogP contribution in [-0.4, -0.2) is 16.3 Å². The summed E-state index contributed by atoms with van der Waals surface area (Å²) in [6.07, 6.45) is 5.61. The molecule has 1 unspecified atom stereocenters. The van der Waals surface area contributed by atoms with Crippen molar-refractivity contribution in [2.24, 2.45) is 0 Å². The number of carbonyl (C=O) groups excluding carboxylic acids is 1. The maximum Gasteiger partial charge on any atom is 0.257 e. The van der Waals surface area contributed by atoms with Crippen LogP contribution in [0.15, 0.2) is 23.1 Å². The summed E-state index contributed by atoms with van der Waals surface area (Å²) in [6.45, 7) is 0. The summed E-state index contributed by atoms with van der Waals surface area (Å²) >= 11 is 1.90. The van der Waals surface area contributed by atoms with Crippen molar-refractivity contribution in [2.45, 2.75) is 48.4 Å². The Morgan fingerprint density at radius 3 is 2.78 bits per heavy atom. The van der Waals surface area contributed by atoms with E-state index in [2.05, 4.69) is 5.32 Å². The molecular weight excluding hydrogens is 246 g/mol. The summed E-state index contributed by atoms with van der Waals surface area (Å²) in [6, 6.07) is 5.87. The molecule has 2 N–H and O–H groups in total. The van der Waals surface area contributed by atoms with Crippen molar-refractivity contribution >= 4 is 23.4 Å². The van der Waals surface area contributed by atoms with E-state index in [4.69, 9.17) is 0 Å². The molecule has 3 nitrogen and oxygen atoms in total. The Morgan fingerprint density at radius 1 is 1.22 bits per heavy atom. The van der Waals surface area contributed by atoms with Crippen LogP contribution in [-0.2, 0) is 4.79 Å². The molecule has 1 atom stereocenters. The first-order chi connectivity index (χ1) is 8.74. The highest BCUT2D eigenvalue weighted by Gasteiger charge is 2.28. The molecule has 96 valence electrons. The van der Waals surface area contributed by atoms with E-state index in [1.165, 1.54) is 37.0 Å². The summed E-state index contributed by atoms with van der Waals surface area (Å²) in [7, 11) is 0. The predicted octanol–water partition coefficient (Wildman–Crippen LogP) is 3.10. The van der Waals surface area contributed by atoms with Gasteiger partial charge in [0.05, 0.1) is 0 Å². The van der Waals surface area contributed by atoms with Gasteiger partial charge in [0, 0.05) is 21.4 Å². The van der Waals surface area contributed by atoms with Gasteiger partial charge in [0.15, 0.2) is 6.10 Å². The Balaban J connectivity index is 1.75. The molecule has 1 fully saturated rings. The standard InChI is InChI=1S/C14H17NO2S/c16-13-11-7-6-10(8-12(11)15-14(13)17)18-9-4-2-1-3-5-9/h6-9,13,16H,1-5H2,(H,15,17). The van der Waals surface area contributed by atoms with Gasteiger partial charge in [-0.3, -0.25) is 4.79 Å². The summed E-state index contributed by atoms with van der Waals surface area (Å²) in [5.74, 6) is -0.315. The van der Waals surface area contributed by atoms with E-state index >= 15 is 0 Å². The van der Waals surface area contributed by atoms with Crippen LogP contribution in [0.2, 0.25) is 0 Å². The Kier molecular flexibility index (Phi) is 3.31. The van der Waals surface area contributed by atoms with Crippen LogP contribution in [0.4, 0.5) is 5.69 Å². The summed E-state index contributed by atoms with van der Waals surface area (Å²) in [5.41, 5.74) is 1.47. The van der Waals surface area contributed by atoms with Gasteiger partial charge in [-0.2, -0.15) is 0 Å². The Morgan fingerprint density at radius 2 is 2.00 bits per heavy atom. The van der Waals surface area contributed by atoms with Gasteiger partial charge >= 0.3 is 0 Å². The zero-order chi connectivity index (χ0) is 12.5. The van der Waals surface area contributed by atoms with E-state index in [9.17, 15) is 9.90 Å². The molecule has 1 heterocycles. The SMILES string of the molecule is O=C1Nc2cc(SC3CCCCC3)ccc2C1O. The molecule has 1 aliphatic carbocycles. The number of thioether (sulfide) groups is 1. The van der Waals surface area contributed by atoms with Gasteiger partial charge in [-0.05, 0) is 25.0 Å². The molecular formula is C14H17NO2S. The topological polar surface area (TPSA) is 49.3 Å². The van der Waals surface area contributed by atoms with Gasteiger partial charge < -0.3 is 10.4 Å². The zero-order valence-corrected chi connectivity index (χ0v) is 11.0. The van der Waals surface area contributed by atoms with E-state index < -0.39 is 6.10 Å². The van der Waals surface area contributed by atoms with Crippen molar-refractivity contribution in [3.8, 4) is 0 Å². The highest BCUT2D eigenvalue weighted by molar-refractivity contribution is 8.00. The molecule has 0 aromatic heterocycles. The molecule has 18 heavy (non-hydrogen) atoms. The van der Waals surface area contributed by atoms with Crippen molar-refractivity contribution in [1.82, 2.24) is 0 Å². The zero-order valence-electron chi connectivity index (χ0n) is 10.2. The number of carbonyl (C=O) groups is 1. The van der Waals surface area contributed by atoms with E-state index in [-0.39, 0.29) is 5.91 Å². The van der Waals surface area contributed by atoms with Crippen molar-refractivity contribution in [1.29, 1.82) is 0 Å². The average molecular weight is 263 g/mol.